The SMILES string of the molecule is CC(C)Nc1cncc(C(=O)N2CCCCC2)c1. The first-order valence-electron chi connectivity index (χ1n) is 6.67. The van der Waals surface area contributed by atoms with Crippen molar-refractivity contribution in [1.29, 1.82) is 0 Å². The van der Waals surface area contributed by atoms with Gasteiger partial charge in [-0.3, -0.25) is 9.78 Å². The normalized spacial score (nSPS) is 15.8. The summed E-state index contributed by atoms with van der Waals surface area (Å²) in [6, 6.07) is 2.23. The van der Waals surface area contributed by atoms with Gasteiger partial charge in [0.1, 0.15) is 0 Å². The molecule has 1 fully saturated rings. The standard InChI is InChI=1S/C14H21N3O/c1-11(2)16-13-8-12(9-15-10-13)14(18)17-6-4-3-5-7-17/h8-11,16H,3-7H2,1-2H3. The zero-order chi connectivity index (χ0) is 13.0. The van der Waals surface area contributed by atoms with E-state index in [0.29, 0.717) is 11.6 Å². The van der Waals surface area contributed by atoms with Crippen molar-refractivity contribution in [1.82, 2.24) is 9.88 Å². The molecule has 4 heteroatoms. The number of pyridine rings is 1. The van der Waals surface area contributed by atoms with Gasteiger partial charge in [-0.25, -0.2) is 0 Å². The van der Waals surface area contributed by atoms with Crippen LogP contribution in [-0.4, -0.2) is 34.9 Å². The predicted molar refractivity (Wildman–Crippen MR) is 72.8 cm³/mol. The van der Waals surface area contributed by atoms with Gasteiger partial charge in [0, 0.05) is 31.5 Å². The van der Waals surface area contributed by atoms with E-state index in [9.17, 15) is 4.79 Å². The van der Waals surface area contributed by atoms with Crippen LogP contribution in [0.25, 0.3) is 0 Å². The third-order valence-corrected chi connectivity index (χ3v) is 3.08. The number of carbonyl (C=O) groups excluding carboxylic acids is 1. The molecule has 1 aromatic heterocycles. The molecule has 2 rings (SSSR count). The van der Waals surface area contributed by atoms with Gasteiger partial charge >= 0.3 is 0 Å². The maximum atomic E-state index is 12.3. The topological polar surface area (TPSA) is 45.2 Å². The van der Waals surface area contributed by atoms with Crippen molar-refractivity contribution in [2.75, 3.05) is 18.4 Å². The number of carbonyl (C=O) groups is 1. The molecule has 1 aromatic rings. The molecule has 1 amide bonds. The second-order valence-electron chi connectivity index (χ2n) is 5.11. The molecule has 0 saturated carbocycles. The number of anilines is 1. The summed E-state index contributed by atoms with van der Waals surface area (Å²) in [5.41, 5.74) is 1.59. The first-order valence-corrected chi connectivity index (χ1v) is 6.67. The molecular weight excluding hydrogens is 226 g/mol. The van der Waals surface area contributed by atoms with Crippen LogP contribution in [0.3, 0.4) is 0 Å². The van der Waals surface area contributed by atoms with Gasteiger partial charge in [-0.1, -0.05) is 0 Å². The first-order chi connectivity index (χ1) is 8.66. The molecule has 0 radical (unpaired) electrons. The quantitative estimate of drug-likeness (QED) is 0.892. The highest BCUT2D eigenvalue weighted by molar-refractivity contribution is 5.94. The molecule has 0 aliphatic carbocycles. The molecular formula is C14H21N3O. The van der Waals surface area contributed by atoms with Crippen molar-refractivity contribution < 1.29 is 4.79 Å². The Morgan fingerprint density at radius 3 is 2.67 bits per heavy atom. The van der Waals surface area contributed by atoms with Gasteiger partial charge in [-0.15, -0.1) is 0 Å². The highest BCUT2D eigenvalue weighted by Gasteiger charge is 2.18. The van der Waals surface area contributed by atoms with E-state index in [2.05, 4.69) is 24.1 Å². The van der Waals surface area contributed by atoms with Crippen LogP contribution in [0.1, 0.15) is 43.5 Å². The summed E-state index contributed by atoms with van der Waals surface area (Å²) in [5, 5.41) is 3.27. The molecule has 1 aliphatic rings. The van der Waals surface area contributed by atoms with Crippen molar-refractivity contribution in [2.45, 2.75) is 39.2 Å². The smallest absolute Gasteiger partial charge is 0.255 e. The number of amides is 1. The van der Waals surface area contributed by atoms with E-state index in [-0.39, 0.29) is 5.91 Å². The van der Waals surface area contributed by atoms with E-state index >= 15 is 0 Å². The Morgan fingerprint density at radius 2 is 2.00 bits per heavy atom. The van der Waals surface area contributed by atoms with Gasteiger partial charge in [-0.2, -0.15) is 0 Å². The van der Waals surface area contributed by atoms with Gasteiger partial charge in [0.05, 0.1) is 11.3 Å². The fourth-order valence-corrected chi connectivity index (χ4v) is 2.25. The maximum Gasteiger partial charge on any atom is 0.255 e. The molecule has 1 aliphatic heterocycles. The van der Waals surface area contributed by atoms with Gasteiger partial charge in [-0.05, 0) is 39.2 Å². The highest BCUT2D eigenvalue weighted by atomic mass is 16.2. The second-order valence-corrected chi connectivity index (χ2v) is 5.11. The molecule has 1 saturated heterocycles. The molecule has 0 bridgehead atoms. The summed E-state index contributed by atoms with van der Waals surface area (Å²) in [7, 11) is 0. The van der Waals surface area contributed by atoms with E-state index in [4.69, 9.17) is 0 Å². The molecule has 18 heavy (non-hydrogen) atoms. The second kappa shape index (κ2) is 5.85. The van der Waals surface area contributed by atoms with Gasteiger partial charge in [0.25, 0.3) is 5.91 Å². The lowest BCUT2D eigenvalue weighted by atomic mass is 10.1. The van der Waals surface area contributed by atoms with Crippen LogP contribution in [-0.2, 0) is 0 Å². The van der Waals surface area contributed by atoms with Crippen molar-refractivity contribution >= 4 is 11.6 Å². The Kier molecular flexibility index (Phi) is 4.18. The minimum Gasteiger partial charge on any atom is -0.382 e. The average Bonchev–Trinajstić information content (AvgIpc) is 2.38. The van der Waals surface area contributed by atoms with E-state index in [0.717, 1.165) is 31.6 Å². The summed E-state index contributed by atoms with van der Waals surface area (Å²) in [5.74, 6) is 0.106. The number of aromatic nitrogens is 1. The van der Waals surface area contributed by atoms with Crippen LogP contribution in [0.2, 0.25) is 0 Å². The van der Waals surface area contributed by atoms with E-state index in [1.807, 2.05) is 11.0 Å². The van der Waals surface area contributed by atoms with Crippen molar-refractivity contribution in [3.05, 3.63) is 24.0 Å². The highest BCUT2D eigenvalue weighted by Crippen LogP contribution is 2.15. The fraction of sp³-hybridized carbons (Fsp3) is 0.571. The number of hydrogen-bond donors (Lipinski definition) is 1. The van der Waals surface area contributed by atoms with E-state index in [1.165, 1.54) is 6.42 Å². The summed E-state index contributed by atoms with van der Waals surface area (Å²) < 4.78 is 0. The maximum absolute atomic E-state index is 12.3. The van der Waals surface area contributed by atoms with E-state index < -0.39 is 0 Å². The molecule has 1 N–H and O–H groups in total. The van der Waals surface area contributed by atoms with Crippen LogP contribution in [0.15, 0.2) is 18.5 Å². The minimum atomic E-state index is 0.106. The summed E-state index contributed by atoms with van der Waals surface area (Å²) in [4.78, 5) is 18.4. The number of piperidine rings is 1. The third-order valence-electron chi connectivity index (χ3n) is 3.08. The Hall–Kier alpha value is -1.58. The van der Waals surface area contributed by atoms with Crippen molar-refractivity contribution in [2.24, 2.45) is 0 Å². The Bertz CT molecular complexity index is 411. The van der Waals surface area contributed by atoms with Crippen LogP contribution in [0.4, 0.5) is 5.69 Å². The first kappa shape index (κ1) is 12.9. The van der Waals surface area contributed by atoms with Gasteiger partial charge in [0.2, 0.25) is 0 Å². The number of nitrogens with zero attached hydrogens (tertiary/aromatic N) is 2. The molecule has 98 valence electrons. The van der Waals surface area contributed by atoms with Crippen LogP contribution >= 0.6 is 0 Å². The summed E-state index contributed by atoms with van der Waals surface area (Å²) >= 11 is 0. The molecule has 0 aromatic carbocycles. The fourth-order valence-electron chi connectivity index (χ4n) is 2.25. The van der Waals surface area contributed by atoms with Crippen LogP contribution in [0.5, 0.6) is 0 Å². The van der Waals surface area contributed by atoms with Crippen LogP contribution < -0.4 is 5.32 Å². The largest absolute Gasteiger partial charge is 0.382 e. The lowest BCUT2D eigenvalue weighted by Gasteiger charge is -2.26. The monoisotopic (exact) mass is 247 g/mol. The molecule has 2 heterocycles. The molecule has 4 nitrogen and oxygen atoms in total. The lowest BCUT2D eigenvalue weighted by Crippen LogP contribution is -2.35. The van der Waals surface area contributed by atoms with E-state index in [1.54, 1.807) is 12.4 Å². The number of nitrogens with one attached hydrogen (secondary N) is 1. The summed E-state index contributed by atoms with van der Waals surface area (Å²) in [6.07, 6.45) is 6.87. The minimum absolute atomic E-state index is 0.106. The Morgan fingerprint density at radius 1 is 1.28 bits per heavy atom. The van der Waals surface area contributed by atoms with Gasteiger partial charge in [0.15, 0.2) is 0 Å². The number of hydrogen-bond acceptors (Lipinski definition) is 3. The molecule has 0 atom stereocenters. The van der Waals surface area contributed by atoms with Crippen LogP contribution in [0, 0.1) is 0 Å². The van der Waals surface area contributed by atoms with Crippen molar-refractivity contribution in [3.8, 4) is 0 Å². The average molecular weight is 247 g/mol. The zero-order valence-electron chi connectivity index (χ0n) is 11.1. The predicted octanol–water partition coefficient (Wildman–Crippen LogP) is 2.53. The number of likely N-dealkylation sites (tertiary alicyclic amines) is 1. The zero-order valence-corrected chi connectivity index (χ0v) is 11.1. The lowest BCUT2D eigenvalue weighted by molar-refractivity contribution is 0.0724. The van der Waals surface area contributed by atoms with Gasteiger partial charge < -0.3 is 10.2 Å². The molecule has 0 spiro atoms. The Labute approximate surface area is 108 Å². The Balaban J connectivity index is 2.09. The molecule has 0 unspecified atom stereocenters. The van der Waals surface area contributed by atoms with Crippen molar-refractivity contribution in [3.63, 3.8) is 0 Å². The number of rotatable bonds is 3. The summed E-state index contributed by atoms with van der Waals surface area (Å²) in [6.45, 7) is 5.89. The third kappa shape index (κ3) is 3.22.